The highest BCUT2D eigenvalue weighted by atomic mass is 35.5. The molecule has 0 N–H and O–H groups in total. The zero-order chi connectivity index (χ0) is 17.9. The van der Waals surface area contributed by atoms with E-state index in [0.29, 0.717) is 11.6 Å². The van der Waals surface area contributed by atoms with Gasteiger partial charge in [0, 0.05) is 17.6 Å². The van der Waals surface area contributed by atoms with Crippen molar-refractivity contribution in [1.82, 2.24) is 9.80 Å². The summed E-state index contributed by atoms with van der Waals surface area (Å²) in [5, 5.41) is 0.624. The zero-order valence-electron chi connectivity index (χ0n) is 14.7. The quantitative estimate of drug-likeness (QED) is 0.730. The molecule has 0 spiro atoms. The van der Waals surface area contributed by atoms with Crippen molar-refractivity contribution in [3.05, 3.63) is 34.9 Å². The summed E-state index contributed by atoms with van der Waals surface area (Å²) < 4.78 is 5.27. The number of hydrogen-bond donors (Lipinski definition) is 0. The van der Waals surface area contributed by atoms with Crippen LogP contribution < -0.4 is 0 Å². The maximum absolute atomic E-state index is 12.9. The lowest BCUT2D eigenvalue weighted by molar-refractivity contribution is -0.149. The molecule has 0 radical (unpaired) electrons. The first-order valence-electron chi connectivity index (χ1n) is 8.43. The summed E-state index contributed by atoms with van der Waals surface area (Å²) >= 11 is 5.99. The molecule has 1 saturated heterocycles. The van der Waals surface area contributed by atoms with Crippen LogP contribution in [0.5, 0.6) is 0 Å². The number of esters is 1. The summed E-state index contributed by atoms with van der Waals surface area (Å²) in [5.74, 6) is -0.363. The molecule has 1 aliphatic rings. The van der Waals surface area contributed by atoms with E-state index in [1.54, 1.807) is 28.9 Å². The molecule has 2 rings (SSSR count). The predicted molar refractivity (Wildman–Crippen MR) is 94.0 cm³/mol. The van der Waals surface area contributed by atoms with Gasteiger partial charge in [-0.05, 0) is 44.9 Å². The number of amides is 2. The van der Waals surface area contributed by atoms with Gasteiger partial charge in [-0.15, -0.1) is 0 Å². The van der Waals surface area contributed by atoms with E-state index in [0.717, 1.165) is 12.0 Å². The van der Waals surface area contributed by atoms with Crippen LogP contribution in [0, 0.1) is 0 Å². The van der Waals surface area contributed by atoms with Gasteiger partial charge in [0.15, 0.2) is 6.04 Å². The van der Waals surface area contributed by atoms with Crippen LogP contribution in [0.15, 0.2) is 24.3 Å². The van der Waals surface area contributed by atoms with Crippen LogP contribution >= 0.6 is 11.6 Å². The second-order valence-corrected chi connectivity index (χ2v) is 6.61. The Morgan fingerprint density at radius 2 is 1.88 bits per heavy atom. The number of carbonyl (C=O) groups excluding carboxylic acids is 2. The first-order chi connectivity index (χ1) is 11.4. The molecule has 1 aromatic carbocycles. The molecular formula is C18H25ClN2O3. The van der Waals surface area contributed by atoms with Gasteiger partial charge in [-0.25, -0.2) is 9.59 Å². The summed E-state index contributed by atoms with van der Waals surface area (Å²) in [4.78, 5) is 29.0. The smallest absolute Gasteiger partial charge is 0.331 e. The van der Waals surface area contributed by atoms with E-state index in [9.17, 15) is 9.59 Å². The van der Waals surface area contributed by atoms with Crippen LogP contribution in [-0.4, -0.2) is 47.0 Å². The van der Waals surface area contributed by atoms with E-state index in [4.69, 9.17) is 16.3 Å². The Labute approximate surface area is 148 Å². The van der Waals surface area contributed by atoms with E-state index in [1.165, 1.54) is 0 Å². The highest BCUT2D eigenvalue weighted by molar-refractivity contribution is 6.30. The lowest BCUT2D eigenvalue weighted by Crippen LogP contribution is -2.45. The van der Waals surface area contributed by atoms with E-state index >= 15 is 0 Å². The molecule has 5 nitrogen and oxygen atoms in total. The fourth-order valence-corrected chi connectivity index (χ4v) is 3.34. The minimum Gasteiger partial charge on any atom is -0.464 e. The molecule has 0 saturated carbocycles. The van der Waals surface area contributed by atoms with Gasteiger partial charge in [0.05, 0.1) is 12.6 Å². The number of rotatable bonds is 6. The zero-order valence-corrected chi connectivity index (χ0v) is 15.4. The van der Waals surface area contributed by atoms with Gasteiger partial charge < -0.3 is 14.5 Å². The van der Waals surface area contributed by atoms with Crippen molar-refractivity contribution in [2.24, 2.45) is 0 Å². The Hall–Kier alpha value is -1.75. The standard InChI is InChI=1S/C18H25ClN2O3/c1-5-11-20-15(13-7-9-14(19)10-8-13)16(17(22)24-6-2)21(12(3)4)18(20)23/h7-10,12,15-16H,5-6,11H2,1-4H3/t15-,16+/m1/s1. The molecule has 1 heterocycles. The van der Waals surface area contributed by atoms with Crippen LogP contribution in [-0.2, 0) is 9.53 Å². The topological polar surface area (TPSA) is 49.9 Å². The number of ether oxygens (including phenoxy) is 1. The van der Waals surface area contributed by atoms with Crippen molar-refractivity contribution in [2.75, 3.05) is 13.2 Å². The van der Waals surface area contributed by atoms with Gasteiger partial charge in [-0.1, -0.05) is 30.7 Å². The molecule has 1 fully saturated rings. The maximum Gasteiger partial charge on any atom is 0.331 e. The summed E-state index contributed by atoms with van der Waals surface area (Å²) in [6.07, 6.45) is 0.817. The number of urea groups is 1. The number of halogens is 1. The minimum absolute atomic E-state index is 0.0939. The molecular weight excluding hydrogens is 328 g/mol. The second-order valence-electron chi connectivity index (χ2n) is 6.17. The fraction of sp³-hybridized carbons (Fsp3) is 0.556. The number of benzene rings is 1. The van der Waals surface area contributed by atoms with Crippen LogP contribution in [0.2, 0.25) is 5.02 Å². The molecule has 0 aromatic heterocycles. The third-order valence-electron chi connectivity index (χ3n) is 4.16. The third-order valence-corrected chi connectivity index (χ3v) is 4.41. The third kappa shape index (κ3) is 3.51. The molecule has 0 bridgehead atoms. The molecule has 0 aliphatic carbocycles. The van der Waals surface area contributed by atoms with E-state index in [2.05, 4.69) is 0 Å². The number of hydrogen-bond acceptors (Lipinski definition) is 3. The van der Waals surface area contributed by atoms with Gasteiger partial charge in [-0.2, -0.15) is 0 Å². The Kier molecular flexibility index (Phi) is 6.10. The Bertz CT molecular complexity index is 588. The van der Waals surface area contributed by atoms with Crippen molar-refractivity contribution in [2.45, 2.75) is 52.2 Å². The molecule has 6 heteroatoms. The van der Waals surface area contributed by atoms with Gasteiger partial charge in [0.25, 0.3) is 0 Å². The average Bonchev–Trinajstić information content (AvgIpc) is 2.82. The molecule has 0 unspecified atom stereocenters. The highest BCUT2D eigenvalue weighted by Crippen LogP contribution is 2.37. The van der Waals surface area contributed by atoms with Gasteiger partial charge in [0.2, 0.25) is 0 Å². The van der Waals surface area contributed by atoms with Crippen molar-refractivity contribution < 1.29 is 14.3 Å². The summed E-state index contributed by atoms with van der Waals surface area (Å²) in [6.45, 7) is 8.50. The summed E-state index contributed by atoms with van der Waals surface area (Å²) in [7, 11) is 0. The van der Waals surface area contributed by atoms with Crippen LogP contribution in [0.25, 0.3) is 0 Å². The van der Waals surface area contributed by atoms with Crippen molar-refractivity contribution >= 4 is 23.6 Å². The number of carbonyl (C=O) groups is 2. The molecule has 132 valence electrons. The molecule has 1 aliphatic heterocycles. The average molecular weight is 353 g/mol. The maximum atomic E-state index is 12.9. The van der Waals surface area contributed by atoms with E-state index in [-0.39, 0.29) is 30.7 Å². The second kappa shape index (κ2) is 7.88. The lowest BCUT2D eigenvalue weighted by atomic mass is 9.98. The van der Waals surface area contributed by atoms with Crippen LogP contribution in [0.4, 0.5) is 4.79 Å². The normalized spacial score (nSPS) is 20.8. The van der Waals surface area contributed by atoms with Crippen molar-refractivity contribution in [1.29, 1.82) is 0 Å². The first kappa shape index (κ1) is 18.6. The van der Waals surface area contributed by atoms with E-state index < -0.39 is 6.04 Å². The van der Waals surface area contributed by atoms with Crippen LogP contribution in [0.1, 0.15) is 45.7 Å². The van der Waals surface area contributed by atoms with Gasteiger partial charge >= 0.3 is 12.0 Å². The fourth-order valence-electron chi connectivity index (χ4n) is 3.22. The highest BCUT2D eigenvalue weighted by Gasteiger charge is 2.51. The molecule has 1 aromatic rings. The minimum atomic E-state index is -0.648. The van der Waals surface area contributed by atoms with Crippen molar-refractivity contribution in [3.63, 3.8) is 0 Å². The Morgan fingerprint density at radius 1 is 1.25 bits per heavy atom. The molecule has 24 heavy (non-hydrogen) atoms. The Balaban J connectivity index is 2.50. The van der Waals surface area contributed by atoms with Crippen LogP contribution in [0.3, 0.4) is 0 Å². The first-order valence-corrected chi connectivity index (χ1v) is 8.81. The lowest BCUT2D eigenvalue weighted by Gasteiger charge is -2.28. The van der Waals surface area contributed by atoms with Gasteiger partial charge in [0.1, 0.15) is 0 Å². The number of nitrogens with zero attached hydrogens (tertiary/aromatic N) is 2. The molecule has 2 atom stereocenters. The largest absolute Gasteiger partial charge is 0.464 e. The SMILES string of the molecule is CCCN1C(=O)N(C(C)C)[C@H](C(=O)OCC)[C@H]1c1ccc(Cl)cc1. The van der Waals surface area contributed by atoms with Gasteiger partial charge in [-0.3, -0.25) is 0 Å². The van der Waals surface area contributed by atoms with Crippen molar-refractivity contribution in [3.8, 4) is 0 Å². The van der Waals surface area contributed by atoms with E-state index in [1.807, 2.05) is 32.9 Å². The summed E-state index contributed by atoms with van der Waals surface area (Å²) in [6, 6.07) is 6.09. The predicted octanol–water partition coefficient (Wildman–Crippen LogP) is 3.87. The molecule has 2 amide bonds. The summed E-state index contributed by atoms with van der Waals surface area (Å²) in [5.41, 5.74) is 0.891. The monoisotopic (exact) mass is 352 g/mol. The Morgan fingerprint density at radius 3 is 2.38 bits per heavy atom.